The quantitative estimate of drug-likeness (QED) is 0.507. The Labute approximate surface area is 101 Å². The summed E-state index contributed by atoms with van der Waals surface area (Å²) in [5, 5.41) is 11.4. The van der Waals surface area contributed by atoms with Crippen LogP contribution >= 0.6 is 0 Å². The topological polar surface area (TPSA) is 109 Å². The van der Waals surface area contributed by atoms with E-state index < -0.39 is 10.9 Å². The van der Waals surface area contributed by atoms with Gasteiger partial charge in [-0.1, -0.05) is 0 Å². The molecular formula is C11H10N2O5. The Morgan fingerprint density at radius 2 is 2.22 bits per heavy atom. The molecule has 0 aliphatic heterocycles. The van der Waals surface area contributed by atoms with Gasteiger partial charge < -0.3 is 14.9 Å². The number of benzene rings is 1. The predicted octanol–water partition coefficient (Wildman–Crippen LogP) is 2.10. The van der Waals surface area contributed by atoms with Crippen LogP contribution in [0.3, 0.4) is 0 Å². The van der Waals surface area contributed by atoms with Crippen molar-refractivity contribution in [3.63, 3.8) is 0 Å². The fraction of sp³-hybridized carbons (Fsp3) is 0.182. The second-order valence-corrected chi connectivity index (χ2v) is 3.50. The molecule has 0 radical (unpaired) electrons. The van der Waals surface area contributed by atoms with E-state index in [2.05, 4.69) is 0 Å². The zero-order valence-electron chi connectivity index (χ0n) is 9.50. The van der Waals surface area contributed by atoms with Crippen LogP contribution in [-0.4, -0.2) is 17.5 Å². The number of esters is 1. The Morgan fingerprint density at radius 1 is 1.50 bits per heavy atom. The molecule has 7 heteroatoms. The summed E-state index contributed by atoms with van der Waals surface area (Å²) in [5.74, 6) is -0.732. The largest absolute Gasteiger partial charge is 0.460 e. The number of nitrogens with zero attached hydrogens (tertiary/aromatic N) is 1. The molecule has 0 amide bonds. The zero-order valence-corrected chi connectivity index (χ0v) is 9.50. The number of fused-ring (bicyclic) bond motifs is 1. The van der Waals surface area contributed by atoms with Crippen molar-refractivity contribution in [3.8, 4) is 0 Å². The van der Waals surface area contributed by atoms with E-state index >= 15 is 0 Å². The summed E-state index contributed by atoms with van der Waals surface area (Å²) in [6.45, 7) is 1.87. The smallest absolute Gasteiger partial charge is 0.374 e. The third-order valence-corrected chi connectivity index (χ3v) is 2.40. The second kappa shape index (κ2) is 4.36. The first-order valence-corrected chi connectivity index (χ1v) is 5.18. The molecule has 1 aromatic carbocycles. The van der Waals surface area contributed by atoms with Crippen molar-refractivity contribution < 1.29 is 18.9 Å². The first-order valence-electron chi connectivity index (χ1n) is 5.18. The highest BCUT2D eigenvalue weighted by Crippen LogP contribution is 2.31. The van der Waals surface area contributed by atoms with Gasteiger partial charge in [-0.25, -0.2) is 4.79 Å². The Morgan fingerprint density at radius 3 is 2.83 bits per heavy atom. The number of non-ortho nitro benzene ring substituents is 1. The lowest BCUT2D eigenvalue weighted by atomic mass is 10.1. The Hall–Kier alpha value is -2.57. The van der Waals surface area contributed by atoms with Crippen molar-refractivity contribution in [2.75, 3.05) is 12.3 Å². The number of nitro groups is 1. The standard InChI is InChI=1S/C11H10N2O5/c1-2-17-11(14)9-7-4-3-6(13(15)16)5-8(7)10(12)18-9/h3-5H,2,12H2,1H3. The van der Waals surface area contributed by atoms with Crippen molar-refractivity contribution in [1.29, 1.82) is 0 Å². The van der Waals surface area contributed by atoms with E-state index in [1.165, 1.54) is 18.2 Å². The minimum Gasteiger partial charge on any atom is -0.460 e. The van der Waals surface area contributed by atoms with E-state index in [-0.39, 0.29) is 23.9 Å². The zero-order chi connectivity index (χ0) is 13.3. The van der Waals surface area contributed by atoms with Crippen LogP contribution in [0.15, 0.2) is 22.6 Å². The number of anilines is 1. The van der Waals surface area contributed by atoms with E-state index in [0.717, 1.165) is 0 Å². The number of carbonyl (C=O) groups excluding carboxylic acids is 1. The lowest BCUT2D eigenvalue weighted by Crippen LogP contribution is -2.03. The lowest BCUT2D eigenvalue weighted by Gasteiger charge is -1.97. The third kappa shape index (κ3) is 1.86. The fourth-order valence-corrected chi connectivity index (χ4v) is 1.62. The number of nitrogens with two attached hydrogens (primary N) is 1. The van der Waals surface area contributed by atoms with Gasteiger partial charge in [0, 0.05) is 17.5 Å². The van der Waals surface area contributed by atoms with Gasteiger partial charge in [-0.3, -0.25) is 10.1 Å². The molecular weight excluding hydrogens is 240 g/mol. The van der Waals surface area contributed by atoms with Crippen LogP contribution in [-0.2, 0) is 4.74 Å². The number of nitro benzene ring substituents is 1. The number of ether oxygens (including phenoxy) is 1. The van der Waals surface area contributed by atoms with Gasteiger partial charge in [0.25, 0.3) is 5.69 Å². The summed E-state index contributed by atoms with van der Waals surface area (Å²) < 4.78 is 9.90. The number of hydrogen-bond acceptors (Lipinski definition) is 6. The van der Waals surface area contributed by atoms with Crippen LogP contribution in [0.5, 0.6) is 0 Å². The first-order chi connectivity index (χ1) is 8.54. The highest BCUT2D eigenvalue weighted by molar-refractivity contribution is 6.06. The average molecular weight is 250 g/mol. The maximum absolute atomic E-state index is 11.6. The summed E-state index contributed by atoms with van der Waals surface area (Å²) in [6.07, 6.45) is 0. The van der Waals surface area contributed by atoms with E-state index in [1.54, 1.807) is 6.92 Å². The van der Waals surface area contributed by atoms with Crippen LogP contribution in [0.25, 0.3) is 10.8 Å². The third-order valence-electron chi connectivity index (χ3n) is 2.40. The van der Waals surface area contributed by atoms with Gasteiger partial charge in [-0.05, 0) is 13.0 Å². The molecule has 0 bridgehead atoms. The van der Waals surface area contributed by atoms with E-state index in [1.807, 2.05) is 0 Å². The number of carbonyl (C=O) groups is 1. The van der Waals surface area contributed by atoms with Crippen molar-refractivity contribution in [2.24, 2.45) is 0 Å². The van der Waals surface area contributed by atoms with Crippen LogP contribution < -0.4 is 5.73 Å². The minimum absolute atomic E-state index is 0.0424. The molecule has 0 aliphatic rings. The molecule has 94 valence electrons. The summed E-state index contributed by atoms with van der Waals surface area (Å²) in [6, 6.07) is 3.95. The van der Waals surface area contributed by atoms with Crippen molar-refractivity contribution in [3.05, 3.63) is 34.1 Å². The molecule has 1 heterocycles. The monoisotopic (exact) mass is 250 g/mol. The molecule has 0 fully saturated rings. The normalized spacial score (nSPS) is 10.5. The number of furan rings is 1. The average Bonchev–Trinajstić information content (AvgIpc) is 2.67. The summed E-state index contributed by atoms with van der Waals surface area (Å²) in [4.78, 5) is 21.7. The number of rotatable bonds is 3. The summed E-state index contributed by atoms with van der Waals surface area (Å²) >= 11 is 0. The van der Waals surface area contributed by atoms with Crippen LogP contribution in [0.4, 0.5) is 11.6 Å². The Balaban J connectivity index is 2.59. The van der Waals surface area contributed by atoms with Crippen LogP contribution in [0, 0.1) is 10.1 Å². The second-order valence-electron chi connectivity index (χ2n) is 3.50. The molecule has 7 nitrogen and oxygen atoms in total. The van der Waals surface area contributed by atoms with E-state index in [9.17, 15) is 14.9 Å². The minimum atomic E-state index is -0.645. The summed E-state index contributed by atoms with van der Waals surface area (Å²) in [5.41, 5.74) is 5.46. The van der Waals surface area contributed by atoms with Gasteiger partial charge in [-0.2, -0.15) is 0 Å². The Kier molecular flexibility index (Phi) is 2.88. The molecule has 0 atom stereocenters. The maximum Gasteiger partial charge on any atom is 0.374 e. The summed E-state index contributed by atoms with van der Waals surface area (Å²) in [7, 11) is 0. The molecule has 1 aromatic heterocycles. The van der Waals surface area contributed by atoms with E-state index in [0.29, 0.717) is 10.8 Å². The van der Waals surface area contributed by atoms with Gasteiger partial charge in [0.05, 0.1) is 16.9 Å². The van der Waals surface area contributed by atoms with Crippen molar-refractivity contribution >= 4 is 28.3 Å². The SMILES string of the molecule is CCOC(=O)c1oc(N)c2cc([N+](=O)[O-])ccc12. The van der Waals surface area contributed by atoms with Gasteiger partial charge in [-0.15, -0.1) is 0 Å². The van der Waals surface area contributed by atoms with Crippen LogP contribution in [0.2, 0.25) is 0 Å². The number of hydrogen-bond donors (Lipinski definition) is 1. The Bertz CT molecular complexity index is 632. The fourth-order valence-electron chi connectivity index (χ4n) is 1.62. The molecule has 0 saturated carbocycles. The first kappa shape index (κ1) is 11.9. The molecule has 0 spiro atoms. The van der Waals surface area contributed by atoms with Gasteiger partial charge in [0.1, 0.15) is 0 Å². The molecule has 0 aliphatic carbocycles. The van der Waals surface area contributed by atoms with Gasteiger partial charge in [0.15, 0.2) is 5.88 Å². The van der Waals surface area contributed by atoms with Crippen molar-refractivity contribution in [2.45, 2.75) is 6.92 Å². The van der Waals surface area contributed by atoms with E-state index in [4.69, 9.17) is 14.9 Å². The molecule has 2 N–H and O–H groups in total. The highest BCUT2D eigenvalue weighted by atomic mass is 16.6. The predicted molar refractivity (Wildman–Crippen MR) is 63.2 cm³/mol. The van der Waals surface area contributed by atoms with Crippen LogP contribution in [0.1, 0.15) is 17.5 Å². The lowest BCUT2D eigenvalue weighted by molar-refractivity contribution is -0.384. The molecule has 2 rings (SSSR count). The van der Waals surface area contributed by atoms with Gasteiger partial charge >= 0.3 is 5.97 Å². The molecule has 0 unspecified atom stereocenters. The molecule has 18 heavy (non-hydrogen) atoms. The van der Waals surface area contributed by atoms with Gasteiger partial charge in [0.2, 0.25) is 5.76 Å². The highest BCUT2D eigenvalue weighted by Gasteiger charge is 2.21. The molecule has 0 saturated heterocycles. The maximum atomic E-state index is 11.6. The number of nitrogen functional groups attached to an aromatic ring is 1. The molecule has 2 aromatic rings. The van der Waals surface area contributed by atoms with Crippen molar-refractivity contribution in [1.82, 2.24) is 0 Å².